The van der Waals surface area contributed by atoms with E-state index in [0.717, 1.165) is 11.9 Å². The second-order valence-corrected chi connectivity index (χ2v) is 9.52. The van der Waals surface area contributed by atoms with Gasteiger partial charge in [-0.3, -0.25) is 14.2 Å². The lowest BCUT2D eigenvalue weighted by Crippen LogP contribution is -2.38. The van der Waals surface area contributed by atoms with E-state index >= 15 is 0 Å². The van der Waals surface area contributed by atoms with E-state index in [1.54, 1.807) is 16.7 Å². The maximum Gasteiger partial charge on any atom is 0.257 e. The van der Waals surface area contributed by atoms with E-state index in [9.17, 15) is 18.0 Å². The highest BCUT2D eigenvalue weighted by Crippen LogP contribution is 2.27. The predicted molar refractivity (Wildman–Crippen MR) is 105 cm³/mol. The van der Waals surface area contributed by atoms with Crippen LogP contribution in [0.4, 0.5) is 5.69 Å². The van der Waals surface area contributed by atoms with E-state index < -0.39 is 9.84 Å². The molecule has 27 heavy (non-hydrogen) atoms. The molecule has 1 aromatic carbocycles. The smallest absolute Gasteiger partial charge is 0.257 e. The number of anilines is 1. The zero-order valence-electron chi connectivity index (χ0n) is 15.4. The van der Waals surface area contributed by atoms with E-state index in [2.05, 4.69) is 10.3 Å². The Kier molecular flexibility index (Phi) is 5.43. The number of amides is 1. The number of nitrogens with zero attached hydrogens (tertiary/aromatic N) is 2. The average molecular weight is 408 g/mol. The third-order valence-electron chi connectivity index (χ3n) is 4.53. The molecule has 0 saturated carbocycles. The lowest BCUT2D eigenvalue weighted by molar-refractivity contribution is -0.119. The molecule has 1 N–H and O–H groups in total. The summed E-state index contributed by atoms with van der Waals surface area (Å²) in [6, 6.07) is 6.04. The summed E-state index contributed by atoms with van der Waals surface area (Å²) in [6.07, 6.45) is 1.74. The molecule has 2 heterocycles. The molecule has 1 aromatic heterocycles. The zero-order chi connectivity index (χ0) is 19.8. The zero-order valence-corrected chi connectivity index (χ0v) is 17.0. The van der Waals surface area contributed by atoms with Crippen molar-refractivity contribution in [3.63, 3.8) is 0 Å². The Labute approximate surface area is 162 Å². The summed E-state index contributed by atoms with van der Waals surface area (Å²) < 4.78 is 24.6. The number of fused-ring (bicyclic) bond motifs is 1. The average Bonchev–Trinajstić information content (AvgIpc) is 2.61. The van der Waals surface area contributed by atoms with Crippen molar-refractivity contribution >= 4 is 33.2 Å². The standard InChI is InChI=1S/C18H21N3O4S2/c1-4-15-11(2)19-18-21(17(15)23)9-12(10-26-18)16(22)20-13-5-7-14(8-6-13)27(3,24)25/h5-8,12H,4,9-10H2,1-3H3,(H,20,22). The summed E-state index contributed by atoms with van der Waals surface area (Å²) in [4.78, 5) is 29.9. The minimum Gasteiger partial charge on any atom is -0.326 e. The summed E-state index contributed by atoms with van der Waals surface area (Å²) in [5.41, 5.74) is 1.86. The molecular weight excluding hydrogens is 386 g/mol. The Bertz CT molecular complexity index is 1040. The molecule has 144 valence electrons. The maximum absolute atomic E-state index is 12.6. The van der Waals surface area contributed by atoms with Crippen LogP contribution in [0.2, 0.25) is 0 Å². The van der Waals surface area contributed by atoms with Gasteiger partial charge >= 0.3 is 0 Å². The Balaban J connectivity index is 1.77. The van der Waals surface area contributed by atoms with Crippen molar-refractivity contribution in [1.82, 2.24) is 9.55 Å². The minimum absolute atomic E-state index is 0.0810. The van der Waals surface area contributed by atoms with Crippen LogP contribution in [-0.2, 0) is 27.6 Å². The Hall–Kier alpha value is -2.13. The molecule has 0 aliphatic carbocycles. The van der Waals surface area contributed by atoms with Crippen molar-refractivity contribution in [2.45, 2.75) is 36.9 Å². The molecule has 1 amide bonds. The van der Waals surface area contributed by atoms with Gasteiger partial charge < -0.3 is 5.32 Å². The number of carbonyl (C=O) groups is 1. The SMILES string of the molecule is CCc1c(C)nc2n(c1=O)CC(C(=O)Nc1ccc(S(C)(=O)=O)cc1)CS2. The first-order valence-corrected chi connectivity index (χ1v) is 11.4. The van der Waals surface area contributed by atoms with Gasteiger partial charge in [-0.25, -0.2) is 13.4 Å². The number of aryl methyl sites for hydroxylation is 1. The largest absolute Gasteiger partial charge is 0.326 e. The van der Waals surface area contributed by atoms with Crippen LogP contribution in [0.1, 0.15) is 18.2 Å². The van der Waals surface area contributed by atoms with Crippen LogP contribution in [0.5, 0.6) is 0 Å². The Morgan fingerprint density at radius 2 is 2.00 bits per heavy atom. The van der Waals surface area contributed by atoms with Gasteiger partial charge in [-0.2, -0.15) is 0 Å². The summed E-state index contributed by atoms with van der Waals surface area (Å²) in [7, 11) is -3.28. The first-order chi connectivity index (χ1) is 12.7. The molecule has 1 aliphatic heterocycles. The molecule has 1 unspecified atom stereocenters. The van der Waals surface area contributed by atoms with Crippen molar-refractivity contribution in [3.8, 4) is 0 Å². The second kappa shape index (κ2) is 7.47. The fourth-order valence-electron chi connectivity index (χ4n) is 2.99. The van der Waals surface area contributed by atoms with Crippen molar-refractivity contribution in [3.05, 3.63) is 45.9 Å². The monoisotopic (exact) mass is 407 g/mol. The van der Waals surface area contributed by atoms with Crippen LogP contribution in [0.3, 0.4) is 0 Å². The predicted octanol–water partition coefficient (Wildman–Crippen LogP) is 1.88. The van der Waals surface area contributed by atoms with Gasteiger partial charge in [0.1, 0.15) is 0 Å². The van der Waals surface area contributed by atoms with Crippen LogP contribution in [0.25, 0.3) is 0 Å². The van der Waals surface area contributed by atoms with Gasteiger partial charge in [0, 0.05) is 35.5 Å². The third-order valence-corrected chi connectivity index (χ3v) is 6.79. The summed E-state index contributed by atoms with van der Waals surface area (Å²) in [5, 5.41) is 3.45. The minimum atomic E-state index is -3.28. The summed E-state index contributed by atoms with van der Waals surface area (Å²) >= 11 is 1.40. The molecule has 7 nitrogen and oxygen atoms in total. The molecule has 1 aliphatic rings. The molecule has 0 fully saturated rings. The normalized spacial score (nSPS) is 16.6. The van der Waals surface area contributed by atoms with Gasteiger partial charge in [-0.15, -0.1) is 0 Å². The van der Waals surface area contributed by atoms with E-state index in [-0.39, 0.29) is 28.8 Å². The molecular formula is C18H21N3O4S2. The molecule has 0 bridgehead atoms. The quantitative estimate of drug-likeness (QED) is 0.777. The topological polar surface area (TPSA) is 98.1 Å². The van der Waals surface area contributed by atoms with Crippen LogP contribution in [0.15, 0.2) is 39.1 Å². The maximum atomic E-state index is 12.6. The van der Waals surface area contributed by atoms with Crippen molar-refractivity contribution in [2.75, 3.05) is 17.3 Å². The molecule has 9 heteroatoms. The highest BCUT2D eigenvalue weighted by molar-refractivity contribution is 7.99. The number of rotatable bonds is 4. The molecule has 0 radical (unpaired) electrons. The van der Waals surface area contributed by atoms with E-state index in [1.807, 2.05) is 13.8 Å². The van der Waals surface area contributed by atoms with Crippen LogP contribution < -0.4 is 10.9 Å². The second-order valence-electron chi connectivity index (χ2n) is 6.52. The van der Waals surface area contributed by atoms with Crippen LogP contribution in [0, 0.1) is 12.8 Å². The first kappa shape index (κ1) is 19.6. The summed E-state index contributed by atoms with van der Waals surface area (Å²) in [5.74, 6) is -0.0419. The summed E-state index contributed by atoms with van der Waals surface area (Å²) in [6.45, 7) is 4.04. The van der Waals surface area contributed by atoms with Gasteiger partial charge in [0.25, 0.3) is 5.56 Å². The third kappa shape index (κ3) is 4.08. The highest BCUT2D eigenvalue weighted by atomic mass is 32.2. The Morgan fingerprint density at radius 1 is 1.33 bits per heavy atom. The molecule has 1 atom stereocenters. The number of hydrogen-bond acceptors (Lipinski definition) is 6. The van der Waals surface area contributed by atoms with Gasteiger partial charge in [0.2, 0.25) is 5.91 Å². The molecule has 0 saturated heterocycles. The van der Waals surface area contributed by atoms with Gasteiger partial charge in [0.15, 0.2) is 15.0 Å². The number of hydrogen-bond donors (Lipinski definition) is 1. The number of thioether (sulfide) groups is 1. The molecule has 2 aromatic rings. The Morgan fingerprint density at radius 3 is 2.59 bits per heavy atom. The molecule has 3 rings (SSSR count). The number of sulfone groups is 1. The van der Waals surface area contributed by atoms with Crippen molar-refractivity contribution in [2.24, 2.45) is 5.92 Å². The highest BCUT2D eigenvalue weighted by Gasteiger charge is 2.28. The van der Waals surface area contributed by atoms with Crippen LogP contribution in [-0.4, -0.2) is 35.9 Å². The van der Waals surface area contributed by atoms with Gasteiger partial charge in [-0.05, 0) is 37.6 Å². The fourth-order valence-corrected chi connectivity index (χ4v) is 4.74. The fraction of sp³-hybridized carbons (Fsp3) is 0.389. The lowest BCUT2D eigenvalue weighted by atomic mass is 10.1. The van der Waals surface area contributed by atoms with Crippen LogP contribution >= 0.6 is 11.8 Å². The van der Waals surface area contributed by atoms with Gasteiger partial charge in [0.05, 0.1) is 10.8 Å². The first-order valence-electron chi connectivity index (χ1n) is 8.54. The van der Waals surface area contributed by atoms with E-state index in [4.69, 9.17) is 0 Å². The number of aromatic nitrogens is 2. The number of nitrogens with one attached hydrogen (secondary N) is 1. The lowest BCUT2D eigenvalue weighted by Gasteiger charge is -2.25. The number of benzene rings is 1. The van der Waals surface area contributed by atoms with Crippen molar-refractivity contribution in [1.29, 1.82) is 0 Å². The van der Waals surface area contributed by atoms with Gasteiger partial charge in [-0.1, -0.05) is 18.7 Å². The molecule has 0 spiro atoms. The van der Waals surface area contributed by atoms with Crippen molar-refractivity contribution < 1.29 is 13.2 Å². The van der Waals surface area contributed by atoms with E-state index in [0.29, 0.717) is 28.6 Å². The van der Waals surface area contributed by atoms with E-state index in [1.165, 1.54) is 23.9 Å². The number of carbonyl (C=O) groups excluding carboxylic acids is 1.